The molecule has 7 nitrogen and oxygen atoms in total. The van der Waals surface area contributed by atoms with Crippen LogP contribution in [0.2, 0.25) is 0 Å². The van der Waals surface area contributed by atoms with E-state index < -0.39 is 6.10 Å². The number of rotatable bonds is 6. The summed E-state index contributed by atoms with van der Waals surface area (Å²) in [7, 11) is 0. The van der Waals surface area contributed by atoms with Crippen LogP contribution >= 0.6 is 23.7 Å². The zero-order valence-electron chi connectivity index (χ0n) is 15.9. The van der Waals surface area contributed by atoms with Gasteiger partial charge in [-0.25, -0.2) is 4.98 Å². The molecule has 2 aromatic rings. The van der Waals surface area contributed by atoms with E-state index in [-0.39, 0.29) is 43.4 Å². The summed E-state index contributed by atoms with van der Waals surface area (Å²) >= 11 is 1.35. The fraction of sp³-hybridized carbons (Fsp3) is 0.421. The quantitative estimate of drug-likeness (QED) is 0.743. The van der Waals surface area contributed by atoms with Gasteiger partial charge in [-0.1, -0.05) is 26.0 Å². The van der Waals surface area contributed by atoms with Gasteiger partial charge < -0.3 is 15.8 Å². The van der Waals surface area contributed by atoms with E-state index in [0.29, 0.717) is 22.1 Å². The number of thiazole rings is 1. The second-order valence-electron chi connectivity index (χ2n) is 6.34. The number of amides is 2. The van der Waals surface area contributed by atoms with Gasteiger partial charge in [0, 0.05) is 18.0 Å². The van der Waals surface area contributed by atoms with Crippen LogP contribution in [0.5, 0.6) is 5.75 Å². The Kier molecular flexibility index (Phi) is 7.79. The fourth-order valence-electron chi connectivity index (χ4n) is 2.99. The number of carbonyl (C=O) groups excluding carboxylic acids is 2. The molecule has 0 bridgehead atoms. The molecule has 0 aliphatic carbocycles. The minimum absolute atomic E-state index is 0. The monoisotopic (exact) mass is 424 g/mol. The van der Waals surface area contributed by atoms with Crippen LogP contribution in [0, 0.1) is 0 Å². The average molecular weight is 425 g/mol. The SMILES string of the molecule is CCC(CC)NC(=O)C1CN(C(=O)c2csc(CN)n2)c2ccccc2O1.Cl. The first kappa shape index (κ1) is 22.1. The van der Waals surface area contributed by atoms with E-state index in [1.807, 2.05) is 26.0 Å². The van der Waals surface area contributed by atoms with Crippen LogP contribution in [0.25, 0.3) is 0 Å². The largest absolute Gasteiger partial charge is 0.477 e. The molecule has 9 heteroatoms. The molecule has 0 radical (unpaired) electrons. The predicted octanol–water partition coefficient (Wildman–Crippen LogP) is 2.74. The number of benzene rings is 1. The Hall–Kier alpha value is -2.16. The summed E-state index contributed by atoms with van der Waals surface area (Å²) in [6.07, 6.45) is 0.918. The summed E-state index contributed by atoms with van der Waals surface area (Å²) in [5.41, 5.74) is 6.57. The first-order chi connectivity index (χ1) is 13.1. The molecule has 0 spiro atoms. The number of nitrogens with zero attached hydrogens (tertiary/aromatic N) is 2. The predicted molar refractivity (Wildman–Crippen MR) is 112 cm³/mol. The Morgan fingerprint density at radius 3 is 2.71 bits per heavy atom. The summed E-state index contributed by atoms with van der Waals surface area (Å²) in [5.74, 6) is 0.0371. The van der Waals surface area contributed by atoms with Crippen LogP contribution in [-0.2, 0) is 11.3 Å². The molecular formula is C19H25ClN4O3S. The third-order valence-corrected chi connectivity index (χ3v) is 5.46. The molecule has 2 heterocycles. The number of nitrogens with two attached hydrogens (primary N) is 1. The summed E-state index contributed by atoms with van der Waals surface area (Å²) in [6, 6.07) is 7.31. The molecule has 152 valence electrons. The number of hydrogen-bond acceptors (Lipinski definition) is 6. The molecule has 1 unspecified atom stereocenters. The first-order valence-electron chi connectivity index (χ1n) is 9.09. The highest BCUT2D eigenvalue weighted by Crippen LogP contribution is 2.34. The van der Waals surface area contributed by atoms with Crippen molar-refractivity contribution in [1.82, 2.24) is 10.3 Å². The molecule has 1 atom stereocenters. The normalized spacial score (nSPS) is 15.4. The maximum Gasteiger partial charge on any atom is 0.278 e. The molecule has 1 aliphatic rings. The van der Waals surface area contributed by atoms with E-state index in [9.17, 15) is 9.59 Å². The van der Waals surface area contributed by atoms with Gasteiger partial charge in [0.1, 0.15) is 16.5 Å². The zero-order chi connectivity index (χ0) is 19.4. The van der Waals surface area contributed by atoms with Crippen molar-refractivity contribution >= 4 is 41.2 Å². The van der Waals surface area contributed by atoms with Gasteiger partial charge in [-0.05, 0) is 25.0 Å². The number of halogens is 1. The van der Waals surface area contributed by atoms with E-state index in [1.165, 1.54) is 11.3 Å². The second-order valence-corrected chi connectivity index (χ2v) is 7.29. The number of aromatic nitrogens is 1. The highest BCUT2D eigenvalue weighted by molar-refractivity contribution is 7.09. The van der Waals surface area contributed by atoms with E-state index in [4.69, 9.17) is 10.5 Å². The summed E-state index contributed by atoms with van der Waals surface area (Å²) < 4.78 is 5.88. The Balaban J connectivity index is 0.00000280. The number of anilines is 1. The van der Waals surface area contributed by atoms with Crippen LogP contribution in [0.15, 0.2) is 29.6 Å². The standard InChI is InChI=1S/C19H24N4O3S.ClH/c1-3-12(4-2)21-18(24)16-10-23(14-7-5-6-8-15(14)26-16)19(25)13-11-27-17(9-20)22-13;/h5-8,11-12,16H,3-4,9-10,20H2,1-2H3,(H,21,24);1H. The van der Waals surface area contributed by atoms with Crippen molar-refractivity contribution in [3.63, 3.8) is 0 Å². The Morgan fingerprint density at radius 1 is 1.36 bits per heavy atom. The molecule has 2 amide bonds. The first-order valence-corrected chi connectivity index (χ1v) is 9.97. The van der Waals surface area contributed by atoms with Crippen LogP contribution in [0.3, 0.4) is 0 Å². The summed E-state index contributed by atoms with van der Waals surface area (Å²) in [6.45, 7) is 4.48. The minimum Gasteiger partial charge on any atom is -0.477 e. The van der Waals surface area contributed by atoms with E-state index in [2.05, 4.69) is 10.3 Å². The molecule has 3 rings (SSSR count). The van der Waals surface area contributed by atoms with Crippen molar-refractivity contribution < 1.29 is 14.3 Å². The van der Waals surface area contributed by atoms with E-state index >= 15 is 0 Å². The smallest absolute Gasteiger partial charge is 0.278 e. The number of ether oxygens (including phenoxy) is 1. The van der Waals surface area contributed by atoms with Crippen molar-refractivity contribution in [3.8, 4) is 5.75 Å². The van der Waals surface area contributed by atoms with Gasteiger partial charge >= 0.3 is 0 Å². The van der Waals surface area contributed by atoms with Crippen molar-refractivity contribution in [2.24, 2.45) is 5.73 Å². The molecule has 0 fully saturated rings. The van der Waals surface area contributed by atoms with Crippen molar-refractivity contribution in [3.05, 3.63) is 40.3 Å². The van der Waals surface area contributed by atoms with Gasteiger partial charge in [-0.15, -0.1) is 23.7 Å². The molecule has 0 saturated carbocycles. The lowest BCUT2D eigenvalue weighted by atomic mass is 10.1. The maximum absolute atomic E-state index is 13.0. The van der Waals surface area contributed by atoms with Crippen LogP contribution in [-0.4, -0.2) is 35.5 Å². The Bertz CT molecular complexity index is 825. The number of carbonyl (C=O) groups is 2. The number of para-hydroxylation sites is 2. The number of nitrogens with one attached hydrogen (secondary N) is 1. The molecule has 3 N–H and O–H groups in total. The van der Waals surface area contributed by atoms with Gasteiger partial charge in [0.15, 0.2) is 6.10 Å². The number of hydrogen-bond donors (Lipinski definition) is 2. The molecule has 0 saturated heterocycles. The zero-order valence-corrected chi connectivity index (χ0v) is 17.5. The highest BCUT2D eigenvalue weighted by Gasteiger charge is 2.35. The topological polar surface area (TPSA) is 97.6 Å². The molecule has 1 aliphatic heterocycles. The Morgan fingerprint density at radius 2 is 2.07 bits per heavy atom. The van der Waals surface area contributed by atoms with Crippen molar-refractivity contribution in [2.75, 3.05) is 11.4 Å². The van der Waals surface area contributed by atoms with Gasteiger partial charge in [0.25, 0.3) is 11.8 Å². The second kappa shape index (κ2) is 9.86. The third kappa shape index (κ3) is 4.63. The van der Waals surface area contributed by atoms with Gasteiger partial charge in [-0.3, -0.25) is 14.5 Å². The van der Waals surface area contributed by atoms with Gasteiger partial charge in [0.05, 0.1) is 12.2 Å². The molecular weight excluding hydrogens is 400 g/mol. The Labute approximate surface area is 174 Å². The lowest BCUT2D eigenvalue weighted by Crippen LogP contribution is -2.52. The van der Waals surface area contributed by atoms with Gasteiger partial charge in [0.2, 0.25) is 0 Å². The minimum atomic E-state index is -0.767. The lowest BCUT2D eigenvalue weighted by molar-refractivity contribution is -0.128. The molecule has 1 aromatic heterocycles. The lowest BCUT2D eigenvalue weighted by Gasteiger charge is -2.34. The summed E-state index contributed by atoms with van der Waals surface area (Å²) in [4.78, 5) is 31.6. The van der Waals surface area contributed by atoms with E-state index in [0.717, 1.165) is 12.8 Å². The summed E-state index contributed by atoms with van der Waals surface area (Å²) in [5, 5.41) is 5.39. The van der Waals surface area contributed by atoms with Crippen molar-refractivity contribution in [1.29, 1.82) is 0 Å². The van der Waals surface area contributed by atoms with Crippen LogP contribution in [0.4, 0.5) is 5.69 Å². The third-order valence-electron chi connectivity index (χ3n) is 4.59. The van der Waals surface area contributed by atoms with Crippen LogP contribution < -0.4 is 20.7 Å². The molecule has 28 heavy (non-hydrogen) atoms. The van der Waals surface area contributed by atoms with E-state index in [1.54, 1.807) is 22.4 Å². The maximum atomic E-state index is 13.0. The van der Waals surface area contributed by atoms with Crippen LogP contribution in [0.1, 0.15) is 42.2 Å². The highest BCUT2D eigenvalue weighted by atomic mass is 35.5. The number of fused-ring (bicyclic) bond motifs is 1. The molecule has 1 aromatic carbocycles. The van der Waals surface area contributed by atoms with Crippen molar-refractivity contribution in [2.45, 2.75) is 45.4 Å². The average Bonchev–Trinajstić information content (AvgIpc) is 3.19. The fourth-order valence-corrected chi connectivity index (χ4v) is 3.64. The van der Waals surface area contributed by atoms with Gasteiger partial charge in [-0.2, -0.15) is 0 Å².